The minimum Gasteiger partial charge on any atom is -0.497 e. The Balaban J connectivity index is 1.76. The predicted octanol–water partition coefficient (Wildman–Crippen LogP) is 4.25. The number of rotatable bonds is 7. The molecule has 1 heterocycles. The Kier molecular flexibility index (Phi) is 5.48. The van der Waals surface area contributed by atoms with E-state index in [9.17, 15) is 4.79 Å². The first kappa shape index (κ1) is 19.6. The molecule has 4 rings (SSSR count). The molecule has 1 aliphatic heterocycles. The zero-order valence-electron chi connectivity index (χ0n) is 17.1. The summed E-state index contributed by atoms with van der Waals surface area (Å²) in [6.45, 7) is 0. The van der Waals surface area contributed by atoms with Gasteiger partial charge < -0.3 is 18.9 Å². The molecule has 154 valence electrons. The molecule has 2 atom stereocenters. The van der Waals surface area contributed by atoms with Crippen LogP contribution in [0.15, 0.2) is 72.8 Å². The van der Waals surface area contributed by atoms with Crippen LogP contribution in [0.1, 0.15) is 11.6 Å². The summed E-state index contributed by atoms with van der Waals surface area (Å²) in [6, 6.07) is 22.0. The molecule has 0 radical (unpaired) electrons. The fourth-order valence-electron chi connectivity index (χ4n) is 3.70. The number of hydrogen-bond donors (Lipinski definition) is 0. The van der Waals surface area contributed by atoms with E-state index in [0.717, 1.165) is 17.0 Å². The third-order valence-electron chi connectivity index (χ3n) is 5.15. The second-order valence-electron chi connectivity index (χ2n) is 6.79. The zero-order chi connectivity index (χ0) is 21.1. The molecule has 0 aromatic heterocycles. The summed E-state index contributed by atoms with van der Waals surface area (Å²) in [7, 11) is 4.79. The molecular weight excluding hydrogens is 382 g/mol. The first-order valence-corrected chi connectivity index (χ1v) is 9.57. The molecule has 0 spiro atoms. The van der Waals surface area contributed by atoms with E-state index in [-0.39, 0.29) is 11.9 Å². The van der Waals surface area contributed by atoms with Crippen LogP contribution in [0, 0.1) is 0 Å². The van der Waals surface area contributed by atoms with Crippen molar-refractivity contribution >= 4 is 11.6 Å². The number of amides is 1. The zero-order valence-corrected chi connectivity index (χ0v) is 17.1. The van der Waals surface area contributed by atoms with Gasteiger partial charge in [0.25, 0.3) is 5.91 Å². The van der Waals surface area contributed by atoms with Gasteiger partial charge in [0.05, 0.1) is 21.3 Å². The molecule has 0 N–H and O–H groups in total. The van der Waals surface area contributed by atoms with Gasteiger partial charge in [0.1, 0.15) is 17.5 Å². The fourth-order valence-corrected chi connectivity index (χ4v) is 3.70. The van der Waals surface area contributed by atoms with Crippen molar-refractivity contribution in [1.29, 1.82) is 0 Å². The molecule has 3 aromatic rings. The molecule has 0 saturated carbocycles. The van der Waals surface area contributed by atoms with Crippen LogP contribution in [-0.4, -0.2) is 33.3 Å². The lowest BCUT2D eigenvalue weighted by Gasteiger charge is -2.47. The SMILES string of the molecule is COc1ccc(N2C(=O)C(Oc3ccccc3)C2c2cccc(OC)c2OC)cc1. The molecule has 30 heavy (non-hydrogen) atoms. The predicted molar refractivity (Wildman–Crippen MR) is 114 cm³/mol. The minimum atomic E-state index is -0.685. The average molecular weight is 405 g/mol. The molecule has 6 nitrogen and oxygen atoms in total. The van der Waals surface area contributed by atoms with Crippen LogP contribution in [0.25, 0.3) is 0 Å². The number of nitrogens with zero attached hydrogens (tertiary/aromatic N) is 1. The van der Waals surface area contributed by atoms with E-state index in [2.05, 4.69) is 0 Å². The number of ether oxygens (including phenoxy) is 4. The van der Waals surface area contributed by atoms with Gasteiger partial charge in [-0.15, -0.1) is 0 Å². The molecular formula is C24H23NO5. The highest BCUT2D eigenvalue weighted by atomic mass is 16.5. The molecule has 2 unspecified atom stereocenters. The standard InChI is InChI=1S/C24H23NO5/c1-27-17-14-12-16(13-15-17)25-21(19-10-7-11-20(28-2)22(19)29-3)23(24(25)26)30-18-8-5-4-6-9-18/h4-15,21,23H,1-3H3. The number of carbonyl (C=O) groups excluding carboxylic acids is 1. The van der Waals surface area contributed by atoms with Gasteiger partial charge in [0.15, 0.2) is 11.5 Å². The fraction of sp³-hybridized carbons (Fsp3) is 0.208. The van der Waals surface area contributed by atoms with E-state index in [0.29, 0.717) is 17.2 Å². The number of β-lactam (4-membered cyclic amide) rings is 1. The van der Waals surface area contributed by atoms with E-state index >= 15 is 0 Å². The Bertz CT molecular complexity index is 1020. The molecule has 0 bridgehead atoms. The summed E-state index contributed by atoms with van der Waals surface area (Å²) < 4.78 is 22.4. The van der Waals surface area contributed by atoms with Gasteiger partial charge in [-0.1, -0.05) is 30.3 Å². The maximum Gasteiger partial charge on any atom is 0.271 e. The van der Waals surface area contributed by atoms with Crippen molar-refractivity contribution in [3.05, 3.63) is 78.4 Å². The van der Waals surface area contributed by atoms with E-state index < -0.39 is 6.10 Å². The van der Waals surface area contributed by atoms with E-state index in [4.69, 9.17) is 18.9 Å². The third-order valence-corrected chi connectivity index (χ3v) is 5.15. The second kappa shape index (κ2) is 8.37. The largest absolute Gasteiger partial charge is 0.497 e. The maximum atomic E-state index is 13.2. The van der Waals surface area contributed by atoms with Gasteiger partial charge in [-0.3, -0.25) is 9.69 Å². The van der Waals surface area contributed by atoms with Gasteiger partial charge in [-0.2, -0.15) is 0 Å². The lowest BCUT2D eigenvalue weighted by atomic mass is 9.88. The van der Waals surface area contributed by atoms with Crippen molar-refractivity contribution in [1.82, 2.24) is 0 Å². The topological polar surface area (TPSA) is 57.2 Å². The number of benzene rings is 3. The highest BCUT2D eigenvalue weighted by Gasteiger charge is 2.52. The summed E-state index contributed by atoms with van der Waals surface area (Å²) in [5, 5.41) is 0. The van der Waals surface area contributed by atoms with Crippen LogP contribution >= 0.6 is 0 Å². The van der Waals surface area contributed by atoms with Crippen LogP contribution in [0.4, 0.5) is 5.69 Å². The van der Waals surface area contributed by atoms with Crippen molar-refractivity contribution < 1.29 is 23.7 Å². The van der Waals surface area contributed by atoms with E-state index in [1.165, 1.54) is 0 Å². The van der Waals surface area contributed by atoms with E-state index in [1.54, 1.807) is 26.2 Å². The Hall–Kier alpha value is -3.67. The number of methoxy groups -OCH3 is 3. The first-order valence-electron chi connectivity index (χ1n) is 9.57. The molecule has 0 aliphatic carbocycles. The van der Waals surface area contributed by atoms with E-state index in [1.807, 2.05) is 72.8 Å². The summed E-state index contributed by atoms with van der Waals surface area (Å²) in [5.74, 6) is 2.41. The Morgan fingerprint density at radius 3 is 2.10 bits per heavy atom. The Labute approximate surface area is 175 Å². The highest BCUT2D eigenvalue weighted by molar-refractivity contribution is 6.05. The lowest BCUT2D eigenvalue weighted by Crippen LogP contribution is -2.61. The Morgan fingerprint density at radius 1 is 0.733 bits per heavy atom. The molecule has 3 aromatic carbocycles. The third kappa shape index (κ3) is 3.41. The number of carbonyl (C=O) groups is 1. The molecule has 1 aliphatic rings. The summed E-state index contributed by atoms with van der Waals surface area (Å²) in [5.41, 5.74) is 1.57. The van der Waals surface area contributed by atoms with Gasteiger partial charge in [-0.25, -0.2) is 0 Å². The van der Waals surface area contributed by atoms with Crippen molar-refractivity contribution in [2.24, 2.45) is 0 Å². The van der Waals surface area contributed by atoms with Crippen LogP contribution in [0.2, 0.25) is 0 Å². The summed E-state index contributed by atoms with van der Waals surface area (Å²) >= 11 is 0. The van der Waals surface area contributed by atoms with Crippen LogP contribution in [-0.2, 0) is 4.79 Å². The molecule has 1 fully saturated rings. The normalized spacial score (nSPS) is 17.8. The van der Waals surface area contributed by atoms with Crippen LogP contribution in [0.5, 0.6) is 23.0 Å². The molecule has 6 heteroatoms. The van der Waals surface area contributed by atoms with Gasteiger partial charge in [0.2, 0.25) is 6.10 Å². The Morgan fingerprint density at radius 2 is 1.47 bits per heavy atom. The molecule has 1 saturated heterocycles. The van der Waals surface area contributed by atoms with Gasteiger partial charge in [-0.05, 0) is 42.5 Å². The smallest absolute Gasteiger partial charge is 0.271 e. The van der Waals surface area contributed by atoms with Gasteiger partial charge in [0, 0.05) is 11.3 Å². The van der Waals surface area contributed by atoms with Crippen LogP contribution < -0.4 is 23.8 Å². The monoisotopic (exact) mass is 405 g/mol. The minimum absolute atomic E-state index is 0.126. The molecule has 1 amide bonds. The van der Waals surface area contributed by atoms with Crippen molar-refractivity contribution in [2.75, 3.05) is 26.2 Å². The van der Waals surface area contributed by atoms with Crippen LogP contribution in [0.3, 0.4) is 0 Å². The summed E-state index contributed by atoms with van der Waals surface area (Å²) in [4.78, 5) is 14.9. The number of hydrogen-bond acceptors (Lipinski definition) is 5. The highest BCUT2D eigenvalue weighted by Crippen LogP contribution is 2.46. The van der Waals surface area contributed by atoms with Crippen molar-refractivity contribution in [3.63, 3.8) is 0 Å². The lowest BCUT2D eigenvalue weighted by molar-refractivity contribution is -0.135. The average Bonchev–Trinajstić information content (AvgIpc) is 2.81. The number of para-hydroxylation sites is 2. The quantitative estimate of drug-likeness (QED) is 0.550. The van der Waals surface area contributed by atoms with Gasteiger partial charge >= 0.3 is 0 Å². The first-order chi connectivity index (χ1) is 14.7. The number of anilines is 1. The van der Waals surface area contributed by atoms with Crippen molar-refractivity contribution in [2.45, 2.75) is 12.1 Å². The second-order valence-corrected chi connectivity index (χ2v) is 6.79. The maximum absolute atomic E-state index is 13.2. The summed E-state index contributed by atoms with van der Waals surface area (Å²) in [6.07, 6.45) is -0.685. The van der Waals surface area contributed by atoms with Crippen molar-refractivity contribution in [3.8, 4) is 23.0 Å².